The Morgan fingerprint density at radius 3 is 2.83 bits per heavy atom. The Bertz CT molecular complexity index is 561. The summed E-state index contributed by atoms with van der Waals surface area (Å²) in [6.45, 7) is 7.82. The minimum atomic E-state index is 0.336. The van der Waals surface area contributed by atoms with E-state index < -0.39 is 0 Å². The number of carbonyl (C=O) groups excluding carboxylic acids is 1. The molecule has 0 spiro atoms. The molecule has 3 nitrogen and oxygen atoms in total. The molecule has 0 saturated carbocycles. The Morgan fingerprint density at radius 2 is 2.04 bits per heavy atom. The molecule has 2 heterocycles. The minimum absolute atomic E-state index is 0.336. The van der Waals surface area contributed by atoms with Gasteiger partial charge in [-0.25, -0.2) is 0 Å². The summed E-state index contributed by atoms with van der Waals surface area (Å²) in [6.07, 6.45) is 6.26. The second-order valence-corrected chi connectivity index (χ2v) is 7.23. The molecule has 3 heteroatoms. The van der Waals surface area contributed by atoms with Crippen LogP contribution in [0.25, 0.3) is 0 Å². The Balaban J connectivity index is 1.50. The van der Waals surface area contributed by atoms with Gasteiger partial charge in [-0.1, -0.05) is 17.7 Å². The first-order valence-corrected chi connectivity index (χ1v) is 9.08. The first kappa shape index (κ1) is 16.5. The van der Waals surface area contributed by atoms with Crippen LogP contribution in [0.15, 0.2) is 12.1 Å². The molecule has 0 radical (unpaired) electrons. The van der Waals surface area contributed by atoms with Crippen molar-refractivity contribution in [2.24, 2.45) is 5.92 Å². The summed E-state index contributed by atoms with van der Waals surface area (Å²) in [5.41, 5.74) is 5.48. The smallest absolute Gasteiger partial charge is 0.222 e. The van der Waals surface area contributed by atoms with Crippen LogP contribution < -0.4 is 0 Å². The van der Waals surface area contributed by atoms with E-state index in [-0.39, 0.29) is 0 Å². The molecule has 2 aliphatic rings. The molecule has 3 rings (SSSR count). The lowest BCUT2D eigenvalue weighted by Gasteiger charge is -2.30. The van der Waals surface area contributed by atoms with E-state index in [9.17, 15) is 4.79 Å². The van der Waals surface area contributed by atoms with Gasteiger partial charge in [0.15, 0.2) is 0 Å². The number of hydrogen-bond acceptors (Lipinski definition) is 2. The minimum Gasteiger partial charge on any atom is -0.381 e. The van der Waals surface area contributed by atoms with Crippen molar-refractivity contribution in [3.63, 3.8) is 0 Å². The first-order chi connectivity index (χ1) is 11.1. The molecule has 2 aliphatic heterocycles. The fraction of sp³-hybridized carbons (Fsp3) is 0.650. The molecule has 0 unspecified atom stereocenters. The monoisotopic (exact) mass is 315 g/mol. The number of ether oxygens (including phenoxy) is 1. The van der Waals surface area contributed by atoms with E-state index in [1.807, 2.05) is 0 Å². The van der Waals surface area contributed by atoms with Crippen LogP contribution in [0, 0.1) is 19.8 Å². The standard InChI is InChI=1S/C20H29NO2/c1-15-12-16(2)19-14-21(9-6-18(19)13-15)20(22)5-3-4-17-7-10-23-11-8-17/h12-13,17H,3-11,14H2,1-2H3. The van der Waals surface area contributed by atoms with Crippen molar-refractivity contribution in [2.75, 3.05) is 19.8 Å². The number of nitrogens with zero attached hydrogens (tertiary/aromatic N) is 1. The average molecular weight is 315 g/mol. The second-order valence-electron chi connectivity index (χ2n) is 7.23. The lowest BCUT2D eigenvalue weighted by atomic mass is 9.92. The molecular weight excluding hydrogens is 286 g/mol. The molecule has 0 aliphatic carbocycles. The summed E-state index contributed by atoms with van der Waals surface area (Å²) in [6, 6.07) is 4.52. The second kappa shape index (κ2) is 7.48. The van der Waals surface area contributed by atoms with Crippen LogP contribution in [0.3, 0.4) is 0 Å². The number of amides is 1. The molecule has 1 fully saturated rings. The van der Waals surface area contributed by atoms with Crippen molar-refractivity contribution in [2.45, 2.75) is 58.9 Å². The summed E-state index contributed by atoms with van der Waals surface area (Å²) in [5, 5.41) is 0. The number of rotatable bonds is 4. The summed E-state index contributed by atoms with van der Waals surface area (Å²) >= 11 is 0. The molecular formula is C20H29NO2. The van der Waals surface area contributed by atoms with Gasteiger partial charge in [-0.3, -0.25) is 4.79 Å². The zero-order chi connectivity index (χ0) is 16.2. The van der Waals surface area contributed by atoms with Gasteiger partial charge in [0.2, 0.25) is 5.91 Å². The molecule has 0 bridgehead atoms. The van der Waals surface area contributed by atoms with Crippen LogP contribution in [0.5, 0.6) is 0 Å². The van der Waals surface area contributed by atoms with Gasteiger partial charge in [0, 0.05) is 32.7 Å². The SMILES string of the molecule is Cc1cc(C)c2c(c1)CCN(C(=O)CCCC1CCOCC1)C2. The van der Waals surface area contributed by atoms with Crippen LogP contribution in [0.4, 0.5) is 0 Å². The average Bonchev–Trinajstić information content (AvgIpc) is 2.55. The zero-order valence-electron chi connectivity index (χ0n) is 14.6. The van der Waals surface area contributed by atoms with Crippen molar-refractivity contribution in [1.29, 1.82) is 0 Å². The van der Waals surface area contributed by atoms with Crippen molar-refractivity contribution >= 4 is 5.91 Å². The van der Waals surface area contributed by atoms with E-state index in [0.29, 0.717) is 12.3 Å². The molecule has 126 valence electrons. The topological polar surface area (TPSA) is 29.5 Å². The van der Waals surface area contributed by atoms with Crippen molar-refractivity contribution in [3.05, 3.63) is 34.4 Å². The summed E-state index contributed by atoms with van der Waals surface area (Å²) < 4.78 is 5.40. The fourth-order valence-corrected chi connectivity index (χ4v) is 4.01. The molecule has 1 saturated heterocycles. The largest absolute Gasteiger partial charge is 0.381 e. The van der Waals surface area contributed by atoms with Crippen molar-refractivity contribution in [1.82, 2.24) is 4.90 Å². The predicted octanol–water partition coefficient (Wildman–Crippen LogP) is 3.79. The summed E-state index contributed by atoms with van der Waals surface area (Å²) in [4.78, 5) is 14.6. The van der Waals surface area contributed by atoms with Gasteiger partial charge in [0.05, 0.1) is 0 Å². The van der Waals surface area contributed by atoms with E-state index in [2.05, 4.69) is 30.9 Å². The Kier molecular flexibility index (Phi) is 5.37. The van der Waals surface area contributed by atoms with Gasteiger partial charge in [0.1, 0.15) is 0 Å². The van der Waals surface area contributed by atoms with Crippen LogP contribution >= 0.6 is 0 Å². The Hall–Kier alpha value is -1.35. The highest BCUT2D eigenvalue weighted by Crippen LogP contribution is 2.25. The van der Waals surface area contributed by atoms with Gasteiger partial charge in [-0.05, 0) is 68.6 Å². The summed E-state index contributed by atoms with van der Waals surface area (Å²) in [7, 11) is 0. The number of fused-ring (bicyclic) bond motifs is 1. The maximum absolute atomic E-state index is 12.5. The van der Waals surface area contributed by atoms with E-state index in [1.165, 1.54) is 41.5 Å². The Morgan fingerprint density at radius 1 is 1.26 bits per heavy atom. The van der Waals surface area contributed by atoms with E-state index in [0.717, 1.165) is 45.1 Å². The molecule has 23 heavy (non-hydrogen) atoms. The maximum atomic E-state index is 12.5. The van der Waals surface area contributed by atoms with Crippen LogP contribution in [-0.4, -0.2) is 30.6 Å². The van der Waals surface area contributed by atoms with E-state index in [4.69, 9.17) is 4.74 Å². The zero-order valence-corrected chi connectivity index (χ0v) is 14.6. The summed E-state index contributed by atoms with van der Waals surface area (Å²) in [5.74, 6) is 1.10. The van der Waals surface area contributed by atoms with Crippen LogP contribution in [0.2, 0.25) is 0 Å². The van der Waals surface area contributed by atoms with E-state index >= 15 is 0 Å². The van der Waals surface area contributed by atoms with Gasteiger partial charge in [-0.2, -0.15) is 0 Å². The predicted molar refractivity (Wildman–Crippen MR) is 92.4 cm³/mol. The highest BCUT2D eigenvalue weighted by atomic mass is 16.5. The van der Waals surface area contributed by atoms with Gasteiger partial charge in [-0.15, -0.1) is 0 Å². The van der Waals surface area contributed by atoms with Crippen LogP contribution in [0.1, 0.15) is 54.4 Å². The maximum Gasteiger partial charge on any atom is 0.222 e. The highest BCUT2D eigenvalue weighted by Gasteiger charge is 2.22. The van der Waals surface area contributed by atoms with Crippen molar-refractivity contribution in [3.8, 4) is 0 Å². The van der Waals surface area contributed by atoms with Gasteiger partial charge in [0.25, 0.3) is 0 Å². The Labute approximate surface area is 140 Å². The molecule has 0 aromatic heterocycles. The van der Waals surface area contributed by atoms with Crippen molar-refractivity contribution < 1.29 is 9.53 Å². The number of benzene rings is 1. The normalized spacial score (nSPS) is 18.8. The third-order valence-electron chi connectivity index (χ3n) is 5.41. The molecule has 0 N–H and O–H groups in total. The fourth-order valence-electron chi connectivity index (χ4n) is 4.01. The highest BCUT2D eigenvalue weighted by molar-refractivity contribution is 5.76. The van der Waals surface area contributed by atoms with E-state index in [1.54, 1.807) is 0 Å². The van der Waals surface area contributed by atoms with Gasteiger partial charge < -0.3 is 9.64 Å². The van der Waals surface area contributed by atoms with Gasteiger partial charge >= 0.3 is 0 Å². The third kappa shape index (κ3) is 4.14. The number of carbonyl (C=O) groups is 1. The molecule has 1 amide bonds. The van der Waals surface area contributed by atoms with Crippen LogP contribution in [-0.2, 0) is 22.5 Å². The number of aryl methyl sites for hydroxylation is 2. The third-order valence-corrected chi connectivity index (χ3v) is 5.41. The lowest BCUT2D eigenvalue weighted by molar-refractivity contribution is -0.132. The molecule has 0 atom stereocenters. The lowest BCUT2D eigenvalue weighted by Crippen LogP contribution is -2.36. The molecule has 1 aromatic rings. The first-order valence-electron chi connectivity index (χ1n) is 9.08. The molecule has 1 aromatic carbocycles. The number of hydrogen-bond donors (Lipinski definition) is 0. The quantitative estimate of drug-likeness (QED) is 0.846.